The standard InChI is InChI=1S/C8H9ClFNO/c9-6-2-1-5(3-8(11)12)7(10)4-6/h1-2,4,8,12H,3,11H2. The maximum Gasteiger partial charge on any atom is 0.128 e. The topological polar surface area (TPSA) is 46.2 Å². The van der Waals surface area contributed by atoms with E-state index < -0.39 is 12.0 Å². The molecule has 0 saturated heterocycles. The first kappa shape index (κ1) is 9.45. The lowest BCUT2D eigenvalue weighted by molar-refractivity contribution is 0.181. The van der Waals surface area contributed by atoms with Gasteiger partial charge in [-0.2, -0.15) is 0 Å². The van der Waals surface area contributed by atoms with Crippen LogP contribution in [0.15, 0.2) is 18.2 Å². The van der Waals surface area contributed by atoms with Crippen LogP contribution in [0.1, 0.15) is 5.56 Å². The van der Waals surface area contributed by atoms with Crippen molar-refractivity contribution in [2.24, 2.45) is 5.73 Å². The molecule has 0 spiro atoms. The second kappa shape index (κ2) is 3.85. The van der Waals surface area contributed by atoms with Gasteiger partial charge in [-0.15, -0.1) is 0 Å². The van der Waals surface area contributed by atoms with Crippen molar-refractivity contribution in [3.63, 3.8) is 0 Å². The highest BCUT2D eigenvalue weighted by molar-refractivity contribution is 6.30. The highest BCUT2D eigenvalue weighted by Crippen LogP contribution is 2.15. The summed E-state index contributed by atoms with van der Waals surface area (Å²) >= 11 is 5.52. The monoisotopic (exact) mass is 189 g/mol. The van der Waals surface area contributed by atoms with Gasteiger partial charge in [0.2, 0.25) is 0 Å². The first-order valence-corrected chi connectivity index (χ1v) is 3.85. The minimum absolute atomic E-state index is 0.100. The molecule has 0 bridgehead atoms. The molecule has 1 rings (SSSR count). The van der Waals surface area contributed by atoms with Gasteiger partial charge in [0, 0.05) is 11.4 Å². The Labute approximate surface area is 74.8 Å². The van der Waals surface area contributed by atoms with Gasteiger partial charge in [-0.05, 0) is 17.7 Å². The number of halogens is 2. The van der Waals surface area contributed by atoms with Gasteiger partial charge in [-0.25, -0.2) is 4.39 Å². The number of rotatable bonds is 2. The van der Waals surface area contributed by atoms with Crippen LogP contribution in [0.25, 0.3) is 0 Å². The van der Waals surface area contributed by atoms with Crippen LogP contribution in [0.5, 0.6) is 0 Å². The second-order valence-corrected chi connectivity index (χ2v) is 2.94. The number of aliphatic hydroxyl groups excluding tert-OH is 1. The van der Waals surface area contributed by atoms with E-state index >= 15 is 0 Å². The Morgan fingerprint density at radius 1 is 1.58 bits per heavy atom. The molecule has 0 amide bonds. The van der Waals surface area contributed by atoms with Crippen molar-refractivity contribution >= 4 is 11.6 Å². The van der Waals surface area contributed by atoms with Crippen LogP contribution in [-0.2, 0) is 6.42 Å². The van der Waals surface area contributed by atoms with Crippen molar-refractivity contribution in [3.8, 4) is 0 Å². The van der Waals surface area contributed by atoms with Crippen LogP contribution in [0, 0.1) is 5.82 Å². The quantitative estimate of drug-likeness (QED) is 0.689. The van der Waals surface area contributed by atoms with E-state index in [0.717, 1.165) is 0 Å². The molecular formula is C8H9ClFNO. The molecule has 0 aromatic heterocycles. The number of nitrogens with two attached hydrogens (primary N) is 1. The number of aliphatic hydroxyl groups is 1. The third-order valence-electron chi connectivity index (χ3n) is 1.44. The van der Waals surface area contributed by atoms with E-state index in [1.807, 2.05) is 0 Å². The SMILES string of the molecule is NC(O)Cc1ccc(Cl)cc1F. The predicted molar refractivity (Wildman–Crippen MR) is 45.3 cm³/mol. The maximum absolute atomic E-state index is 13.0. The molecule has 2 nitrogen and oxygen atoms in total. The maximum atomic E-state index is 13.0. The predicted octanol–water partition coefficient (Wildman–Crippen LogP) is 1.30. The Morgan fingerprint density at radius 2 is 2.25 bits per heavy atom. The van der Waals surface area contributed by atoms with Crippen LogP contribution in [0.2, 0.25) is 5.02 Å². The third-order valence-corrected chi connectivity index (χ3v) is 1.68. The molecule has 1 atom stereocenters. The van der Waals surface area contributed by atoms with Gasteiger partial charge in [0.05, 0.1) is 0 Å². The van der Waals surface area contributed by atoms with Crippen LogP contribution in [-0.4, -0.2) is 11.3 Å². The fourth-order valence-corrected chi connectivity index (χ4v) is 1.07. The Morgan fingerprint density at radius 3 is 2.75 bits per heavy atom. The molecule has 3 N–H and O–H groups in total. The molecule has 0 saturated carbocycles. The van der Waals surface area contributed by atoms with E-state index in [2.05, 4.69) is 0 Å². The lowest BCUT2D eigenvalue weighted by Crippen LogP contribution is -2.21. The van der Waals surface area contributed by atoms with E-state index in [9.17, 15) is 4.39 Å². The van der Waals surface area contributed by atoms with E-state index in [4.69, 9.17) is 22.4 Å². The van der Waals surface area contributed by atoms with E-state index in [-0.39, 0.29) is 6.42 Å². The van der Waals surface area contributed by atoms with Crippen LogP contribution in [0.3, 0.4) is 0 Å². The summed E-state index contributed by atoms with van der Waals surface area (Å²) in [5.74, 6) is -0.438. The lowest BCUT2D eigenvalue weighted by Gasteiger charge is -2.05. The summed E-state index contributed by atoms with van der Waals surface area (Å²) in [7, 11) is 0. The first-order chi connectivity index (χ1) is 5.59. The lowest BCUT2D eigenvalue weighted by atomic mass is 10.1. The van der Waals surface area contributed by atoms with Crippen molar-refractivity contribution in [2.75, 3.05) is 0 Å². The van der Waals surface area contributed by atoms with Gasteiger partial charge in [-0.3, -0.25) is 0 Å². The zero-order valence-electron chi connectivity index (χ0n) is 6.30. The van der Waals surface area contributed by atoms with Crippen molar-refractivity contribution in [1.82, 2.24) is 0 Å². The van der Waals surface area contributed by atoms with Crippen LogP contribution in [0.4, 0.5) is 4.39 Å². The van der Waals surface area contributed by atoms with E-state index in [0.29, 0.717) is 10.6 Å². The Kier molecular flexibility index (Phi) is 3.03. The average Bonchev–Trinajstić information content (AvgIpc) is 1.94. The molecule has 4 heteroatoms. The minimum Gasteiger partial charge on any atom is -0.378 e. The van der Waals surface area contributed by atoms with Crippen LogP contribution < -0.4 is 5.73 Å². The van der Waals surface area contributed by atoms with Gasteiger partial charge in [0.1, 0.15) is 12.0 Å². The van der Waals surface area contributed by atoms with Crippen molar-refractivity contribution < 1.29 is 9.50 Å². The summed E-state index contributed by atoms with van der Waals surface area (Å²) in [6, 6.07) is 4.26. The normalized spacial score (nSPS) is 13.0. The number of hydrogen-bond donors (Lipinski definition) is 2. The molecule has 66 valence electrons. The van der Waals surface area contributed by atoms with Gasteiger partial charge in [-0.1, -0.05) is 17.7 Å². The molecule has 1 aromatic carbocycles. The summed E-state index contributed by atoms with van der Waals surface area (Å²) in [6.45, 7) is 0. The van der Waals surface area contributed by atoms with Gasteiger partial charge < -0.3 is 10.8 Å². The molecule has 0 aliphatic carbocycles. The molecule has 0 heterocycles. The first-order valence-electron chi connectivity index (χ1n) is 3.47. The fourth-order valence-electron chi connectivity index (χ4n) is 0.913. The third kappa shape index (κ3) is 2.44. The average molecular weight is 190 g/mol. The zero-order chi connectivity index (χ0) is 9.14. The molecule has 1 unspecified atom stereocenters. The highest BCUT2D eigenvalue weighted by Gasteiger charge is 2.05. The Bertz CT molecular complexity index is 278. The summed E-state index contributed by atoms with van der Waals surface area (Å²) in [5.41, 5.74) is 5.46. The van der Waals surface area contributed by atoms with Gasteiger partial charge in [0.25, 0.3) is 0 Å². The smallest absolute Gasteiger partial charge is 0.128 e. The second-order valence-electron chi connectivity index (χ2n) is 2.51. The molecule has 0 aliphatic heterocycles. The summed E-state index contributed by atoms with van der Waals surface area (Å²) in [4.78, 5) is 0. The number of hydrogen-bond acceptors (Lipinski definition) is 2. The fraction of sp³-hybridized carbons (Fsp3) is 0.250. The highest BCUT2D eigenvalue weighted by atomic mass is 35.5. The van der Waals surface area contributed by atoms with Gasteiger partial charge >= 0.3 is 0 Å². The van der Waals surface area contributed by atoms with Crippen molar-refractivity contribution in [1.29, 1.82) is 0 Å². The van der Waals surface area contributed by atoms with Crippen molar-refractivity contribution in [2.45, 2.75) is 12.6 Å². The molecule has 0 aliphatic rings. The van der Waals surface area contributed by atoms with Crippen LogP contribution >= 0.6 is 11.6 Å². The summed E-state index contributed by atoms with van der Waals surface area (Å²) < 4.78 is 13.0. The molecule has 1 aromatic rings. The zero-order valence-corrected chi connectivity index (χ0v) is 7.05. The largest absolute Gasteiger partial charge is 0.378 e. The van der Waals surface area contributed by atoms with Gasteiger partial charge in [0.15, 0.2) is 0 Å². The minimum atomic E-state index is -1.03. The molecular weight excluding hydrogens is 181 g/mol. The van der Waals surface area contributed by atoms with Crippen molar-refractivity contribution in [3.05, 3.63) is 34.6 Å². The van der Waals surface area contributed by atoms with E-state index in [1.54, 1.807) is 6.07 Å². The molecule has 0 radical (unpaired) electrons. The Hall–Kier alpha value is -0.640. The van der Waals surface area contributed by atoms with E-state index in [1.165, 1.54) is 12.1 Å². The Balaban J connectivity index is 2.86. The summed E-state index contributed by atoms with van der Waals surface area (Å²) in [6.07, 6.45) is -0.927. The number of benzene rings is 1. The molecule has 12 heavy (non-hydrogen) atoms. The molecule has 0 fully saturated rings. The summed E-state index contributed by atoms with van der Waals surface area (Å²) in [5, 5.41) is 9.11.